The number of amides is 2. The van der Waals surface area contributed by atoms with E-state index in [1.165, 1.54) is 13.2 Å². The van der Waals surface area contributed by atoms with Crippen molar-refractivity contribution in [1.82, 2.24) is 40.0 Å². The van der Waals surface area contributed by atoms with Crippen molar-refractivity contribution in [2.45, 2.75) is 78.4 Å². The quantitative estimate of drug-likeness (QED) is 0.217. The number of carboxylic acids is 1. The molecule has 4 aliphatic heterocycles. The molecule has 6 heterocycles. The molecule has 2 aromatic heterocycles. The van der Waals surface area contributed by atoms with E-state index in [1.54, 1.807) is 12.1 Å². The number of carboxylic acid groups (broad SMARTS) is 1. The molecule has 0 unspecified atom stereocenters. The van der Waals surface area contributed by atoms with Crippen LogP contribution in [0.5, 0.6) is 0 Å². The summed E-state index contributed by atoms with van der Waals surface area (Å²) >= 11 is 9.54. The Bertz CT molecular complexity index is 1720. The molecule has 0 aliphatic carbocycles. The normalized spacial score (nSPS) is 17.6. The number of halogens is 5. The predicted octanol–water partition coefficient (Wildman–Crippen LogP) is 4.13. The number of ether oxygens (including phenoxy) is 3. The van der Waals surface area contributed by atoms with Crippen LogP contribution in [0.25, 0.3) is 0 Å². The third-order valence-electron chi connectivity index (χ3n) is 10.9. The second-order valence-corrected chi connectivity index (χ2v) is 34.0. The van der Waals surface area contributed by atoms with Gasteiger partial charge in [0.05, 0.1) is 7.11 Å². The number of anilines is 2. The number of piperazine rings is 2. The summed E-state index contributed by atoms with van der Waals surface area (Å²) in [5.74, 6) is 1.17. The second-order valence-electron chi connectivity index (χ2n) is 17.8. The number of hydrogen-bond acceptors (Lipinski definition) is 16. The summed E-state index contributed by atoms with van der Waals surface area (Å²) in [6.07, 6.45) is 3.62. The van der Waals surface area contributed by atoms with Crippen molar-refractivity contribution in [2.24, 2.45) is 11.8 Å². The molecule has 4 fully saturated rings. The van der Waals surface area contributed by atoms with Crippen LogP contribution in [-0.2, 0) is 14.2 Å². The van der Waals surface area contributed by atoms with Crippen LogP contribution in [-0.4, -0.2) is 191 Å². The molecule has 4 aliphatic rings. The van der Waals surface area contributed by atoms with E-state index in [0.29, 0.717) is 25.1 Å². The van der Waals surface area contributed by atoms with E-state index in [0.717, 1.165) is 136 Å². The molecule has 0 aromatic carbocycles. The Morgan fingerprint density at radius 3 is 1.21 bits per heavy atom. The molecule has 66 heavy (non-hydrogen) atoms. The van der Waals surface area contributed by atoms with E-state index in [1.807, 2.05) is 57.4 Å². The van der Waals surface area contributed by atoms with E-state index in [2.05, 4.69) is 119 Å². The van der Waals surface area contributed by atoms with Gasteiger partial charge in [-0.2, -0.15) is 0 Å². The summed E-state index contributed by atoms with van der Waals surface area (Å²) in [4.78, 5) is 59.7. The zero-order valence-electron chi connectivity index (χ0n) is 39.3. The van der Waals surface area contributed by atoms with Crippen molar-refractivity contribution >= 4 is 110 Å². The number of piperidine rings is 2. The summed E-state index contributed by atoms with van der Waals surface area (Å²) in [6, 6.07) is 6.69. The monoisotopic (exact) mass is 1490 g/mol. The van der Waals surface area contributed by atoms with Crippen molar-refractivity contribution in [3.8, 4) is 0 Å². The molecule has 0 radical (unpaired) electrons. The molecule has 376 valence electrons. The van der Waals surface area contributed by atoms with Gasteiger partial charge in [0.2, 0.25) is 0 Å². The maximum absolute atomic E-state index is 12.2. The fourth-order valence-corrected chi connectivity index (χ4v) is 7.61. The van der Waals surface area contributed by atoms with E-state index in [9.17, 15) is 19.2 Å². The summed E-state index contributed by atoms with van der Waals surface area (Å²) in [7, 11) is 2.33. The van der Waals surface area contributed by atoms with Gasteiger partial charge in [-0.3, -0.25) is 9.80 Å². The average Bonchev–Trinajstić information content (AvgIpc) is 3.30. The predicted molar refractivity (Wildman–Crippen MR) is 285 cm³/mol. The Morgan fingerprint density at radius 1 is 0.606 bits per heavy atom. The zero-order chi connectivity index (χ0) is 49.5. The fraction of sp³-hybridized carbons (Fsp3) is 0.714. The molecular weight excluding hydrogens is 1420 g/mol. The summed E-state index contributed by atoms with van der Waals surface area (Å²) in [5, 5.41) is 31.9. The first-order valence-corrected chi connectivity index (χ1v) is 40.6. The number of carbonyl (C=O) groups excluding carboxylic acids is 3. The number of carbonyl (C=O) groups is 4. The number of aliphatic hydroxyl groups is 1. The molecule has 0 bridgehead atoms. The Balaban J connectivity index is 0.000000400. The molecule has 0 spiro atoms. The average molecular weight is 1490 g/mol. The second kappa shape index (κ2) is 31.9. The first-order chi connectivity index (χ1) is 31.4. The molecule has 2 N–H and O–H groups in total. The van der Waals surface area contributed by atoms with E-state index in [-0.39, 0.29) is 23.6 Å². The molecule has 4 saturated heterocycles. The Morgan fingerprint density at radius 2 is 0.939 bits per heavy atom. The summed E-state index contributed by atoms with van der Waals surface area (Å²) < 4.78 is 15.6. The molecule has 2 aromatic rings. The minimum atomic E-state index is -1.06. The van der Waals surface area contributed by atoms with Gasteiger partial charge in [-0.25, -0.2) is 19.2 Å². The number of hydrogen-bond donors (Lipinski definition) is 2. The number of aromatic nitrogens is 4. The van der Waals surface area contributed by atoms with Crippen LogP contribution in [0, 0.1) is 11.8 Å². The van der Waals surface area contributed by atoms with Crippen LogP contribution in [0.15, 0.2) is 24.3 Å². The van der Waals surface area contributed by atoms with Crippen LogP contribution in [0.4, 0.5) is 21.2 Å². The van der Waals surface area contributed by atoms with Gasteiger partial charge in [-0.1, -0.05) is 0 Å². The topological polar surface area (TPSA) is 207 Å². The molecule has 0 atom stereocenters. The number of aliphatic hydroxyl groups excluding tert-OH is 1. The number of likely N-dealkylation sites (tertiary alicyclic amines) is 2. The van der Waals surface area contributed by atoms with Crippen LogP contribution in [0.1, 0.15) is 88.2 Å². The van der Waals surface area contributed by atoms with Crippen molar-refractivity contribution in [1.29, 1.82) is 0 Å². The number of esters is 1. The van der Waals surface area contributed by atoms with Crippen molar-refractivity contribution in [3.63, 3.8) is 0 Å². The van der Waals surface area contributed by atoms with E-state index < -0.39 is 23.1 Å². The van der Waals surface area contributed by atoms with Gasteiger partial charge in [-0.15, -0.1) is 20.4 Å². The number of rotatable bonds is 8. The Kier molecular flexibility index (Phi) is 29.4. The third-order valence-corrected chi connectivity index (χ3v) is 10.9. The number of aromatic carboxylic acids is 1. The van der Waals surface area contributed by atoms with Crippen molar-refractivity contribution in [2.75, 3.05) is 116 Å². The first-order valence-electron chi connectivity index (χ1n) is 21.7. The molecule has 0 saturated carbocycles. The van der Waals surface area contributed by atoms with Crippen molar-refractivity contribution in [3.05, 3.63) is 35.7 Å². The van der Waals surface area contributed by atoms with Gasteiger partial charge in [0, 0.05) is 136 Å². The van der Waals surface area contributed by atoms with Crippen LogP contribution >= 0.6 is 74.5 Å². The number of nitrogens with zero attached hydrogens (tertiary/aromatic N) is 10. The molecule has 24 heteroatoms. The SMILES string of the molecule is CC(C)(C)OC(=O)N1CCC(CN2CCN(c3ccc(C(=O)O)nn3)CC2)CC1.CO.COC(=O)c1ccc(N2CCN(CC3CCN(C(=O)OC(C)(C)C)CC3)CC2)nn1.II.I[I-]I. The zero-order valence-corrected chi connectivity index (χ0v) is 50.1. The van der Waals surface area contributed by atoms with Gasteiger partial charge in [0.25, 0.3) is 0 Å². The maximum atomic E-state index is 12.2. The molecular formula is C42H68I5N10O9-. The fourth-order valence-electron chi connectivity index (χ4n) is 7.61. The van der Waals surface area contributed by atoms with Gasteiger partial charge in [0.1, 0.15) is 11.2 Å². The summed E-state index contributed by atoms with van der Waals surface area (Å²) in [5.41, 5.74) is -0.716. The number of methoxy groups -OCH3 is 1. The minimum absolute atomic E-state index is 0.0369. The standard InChI is InChI=1S/C21H33N5O4.C20H31N5O4.CH4O.I3.I2/c1-21(2,3)30-20(28)26-9-7-16(8-10-26)15-24-11-13-25(14-12-24)18-6-5-17(22-23-18)19(27)29-4;1-20(2,3)29-19(28)25-8-6-15(7-9-25)14-23-10-12-24(13-11-23)17-5-4-16(18(26)27)21-22-17;1-2;1-3-2;1-2/h5-6,16H,7-15H2,1-4H3;4-5,15H,6-14H2,1-3H3,(H,26,27);2H,1H3;;/q;;;-1;. The van der Waals surface area contributed by atoms with Gasteiger partial charge in [0.15, 0.2) is 23.0 Å². The summed E-state index contributed by atoms with van der Waals surface area (Å²) in [6.45, 7) is 23.8. The van der Waals surface area contributed by atoms with Gasteiger partial charge in [-0.05, 0) is 103 Å². The van der Waals surface area contributed by atoms with E-state index >= 15 is 0 Å². The van der Waals surface area contributed by atoms with Gasteiger partial charge < -0.3 is 44.0 Å². The van der Waals surface area contributed by atoms with Crippen LogP contribution < -0.4 is 23.1 Å². The first kappa shape index (κ1) is 60.9. The Labute approximate surface area is 443 Å². The van der Waals surface area contributed by atoms with E-state index in [4.69, 9.17) is 19.7 Å². The third kappa shape index (κ3) is 22.7. The molecule has 6 rings (SSSR count). The molecule has 2 amide bonds. The van der Waals surface area contributed by atoms with Crippen LogP contribution in [0.2, 0.25) is 0 Å². The van der Waals surface area contributed by atoms with Crippen LogP contribution in [0.3, 0.4) is 0 Å². The molecule has 19 nitrogen and oxygen atoms in total. The Hall–Kier alpha value is -1.23. The van der Waals surface area contributed by atoms with Crippen molar-refractivity contribution < 1.29 is 56.9 Å². The van der Waals surface area contributed by atoms with Gasteiger partial charge >= 0.3 is 74.6 Å².